The van der Waals surface area contributed by atoms with Gasteiger partial charge in [-0.3, -0.25) is 9.36 Å². The van der Waals surface area contributed by atoms with Crippen LogP contribution in [-0.4, -0.2) is 57.4 Å². The number of carbonyl (C=O) groups is 1. The summed E-state index contributed by atoms with van der Waals surface area (Å²) in [5.41, 5.74) is 0. The summed E-state index contributed by atoms with van der Waals surface area (Å²) in [6.07, 6.45) is 3.38. The highest BCUT2D eigenvalue weighted by molar-refractivity contribution is 7.99. The van der Waals surface area contributed by atoms with E-state index < -0.39 is 5.97 Å². The Morgan fingerprint density at radius 1 is 1.48 bits per heavy atom. The maximum Gasteiger partial charge on any atom is 0.313 e. The molecule has 21 heavy (non-hydrogen) atoms. The van der Waals surface area contributed by atoms with Crippen molar-refractivity contribution in [3.8, 4) is 0 Å². The van der Waals surface area contributed by atoms with Crippen molar-refractivity contribution in [2.24, 2.45) is 0 Å². The van der Waals surface area contributed by atoms with E-state index in [-0.39, 0.29) is 11.9 Å². The van der Waals surface area contributed by atoms with Gasteiger partial charge in [-0.15, -0.1) is 10.2 Å². The quantitative estimate of drug-likeness (QED) is 0.823. The van der Waals surface area contributed by atoms with Crippen LogP contribution in [0.5, 0.6) is 0 Å². The molecule has 1 aliphatic heterocycles. The molecule has 1 unspecified atom stereocenters. The Morgan fingerprint density at radius 3 is 3.00 bits per heavy atom. The predicted octanol–water partition coefficient (Wildman–Crippen LogP) is 1.40. The van der Waals surface area contributed by atoms with Crippen molar-refractivity contribution in [1.29, 1.82) is 0 Å². The minimum atomic E-state index is -0.830. The fraction of sp³-hybridized carbons (Fsp3) is 0.769. The summed E-state index contributed by atoms with van der Waals surface area (Å²) in [7, 11) is 0. The van der Waals surface area contributed by atoms with E-state index in [1.165, 1.54) is 11.8 Å². The van der Waals surface area contributed by atoms with Crippen molar-refractivity contribution in [3.63, 3.8) is 0 Å². The molecule has 1 saturated heterocycles. The maximum absolute atomic E-state index is 10.8. The second-order valence-electron chi connectivity index (χ2n) is 5.55. The average molecular weight is 312 g/mol. The molecule has 8 heteroatoms. The van der Waals surface area contributed by atoms with Crippen molar-refractivity contribution in [2.75, 3.05) is 30.3 Å². The fourth-order valence-electron chi connectivity index (χ4n) is 2.54. The van der Waals surface area contributed by atoms with Crippen molar-refractivity contribution in [1.82, 2.24) is 14.8 Å². The van der Waals surface area contributed by atoms with Gasteiger partial charge in [0.25, 0.3) is 0 Å². The van der Waals surface area contributed by atoms with E-state index in [1.807, 2.05) is 0 Å². The molecule has 0 radical (unpaired) electrons. The maximum atomic E-state index is 10.8. The van der Waals surface area contributed by atoms with E-state index in [0.29, 0.717) is 11.2 Å². The number of nitrogens with zero attached hydrogens (tertiary/aromatic N) is 4. The fourth-order valence-corrected chi connectivity index (χ4v) is 3.26. The summed E-state index contributed by atoms with van der Waals surface area (Å²) in [5.74, 6) is 0.0520. The van der Waals surface area contributed by atoms with E-state index in [0.717, 1.165) is 44.9 Å². The third kappa shape index (κ3) is 3.49. The van der Waals surface area contributed by atoms with Crippen LogP contribution in [0.1, 0.15) is 32.2 Å². The SMILES string of the molecule is CC1CN(c2nnc(SCC(=O)O)n2C2CC2)CCCO1. The van der Waals surface area contributed by atoms with E-state index in [9.17, 15) is 4.79 Å². The number of aliphatic carboxylic acids is 1. The molecule has 7 nitrogen and oxygen atoms in total. The van der Waals surface area contributed by atoms with Crippen LogP contribution in [0.4, 0.5) is 5.95 Å². The van der Waals surface area contributed by atoms with Crippen LogP contribution in [0.15, 0.2) is 5.16 Å². The predicted molar refractivity (Wildman–Crippen MR) is 78.9 cm³/mol. The molecule has 1 aromatic rings. The minimum Gasteiger partial charge on any atom is -0.481 e. The zero-order valence-corrected chi connectivity index (χ0v) is 12.9. The molecule has 0 aromatic carbocycles. The highest BCUT2D eigenvalue weighted by atomic mass is 32.2. The molecule has 1 saturated carbocycles. The molecule has 1 aliphatic carbocycles. The van der Waals surface area contributed by atoms with Crippen molar-refractivity contribution in [3.05, 3.63) is 0 Å². The Bertz CT molecular complexity index is 518. The number of hydrogen-bond donors (Lipinski definition) is 1. The number of rotatable bonds is 5. The Kier molecular flexibility index (Phi) is 4.34. The lowest BCUT2D eigenvalue weighted by Crippen LogP contribution is -2.32. The Balaban J connectivity index is 1.82. The number of anilines is 1. The highest BCUT2D eigenvalue weighted by Crippen LogP contribution is 2.41. The number of carboxylic acids is 1. The summed E-state index contributed by atoms with van der Waals surface area (Å²) in [4.78, 5) is 13.0. The van der Waals surface area contributed by atoms with Crippen LogP contribution in [0.3, 0.4) is 0 Å². The molecule has 3 rings (SSSR count). The number of carboxylic acid groups (broad SMARTS) is 1. The van der Waals surface area contributed by atoms with Gasteiger partial charge in [-0.05, 0) is 26.2 Å². The van der Waals surface area contributed by atoms with Gasteiger partial charge in [-0.1, -0.05) is 11.8 Å². The summed E-state index contributed by atoms with van der Waals surface area (Å²) in [5, 5.41) is 18.1. The van der Waals surface area contributed by atoms with Gasteiger partial charge >= 0.3 is 5.97 Å². The minimum absolute atomic E-state index is 0.0182. The molecular weight excluding hydrogens is 292 g/mol. The van der Waals surface area contributed by atoms with Crippen molar-refractivity contribution in [2.45, 2.75) is 43.5 Å². The summed E-state index contributed by atoms with van der Waals surface area (Å²) >= 11 is 1.25. The Hall–Kier alpha value is -1.28. The van der Waals surface area contributed by atoms with Crippen LogP contribution in [-0.2, 0) is 9.53 Å². The van der Waals surface area contributed by atoms with Gasteiger partial charge < -0.3 is 14.7 Å². The third-order valence-corrected chi connectivity index (χ3v) is 4.55. The van der Waals surface area contributed by atoms with Crippen LogP contribution < -0.4 is 4.90 Å². The van der Waals surface area contributed by atoms with E-state index >= 15 is 0 Å². The molecule has 2 aliphatic rings. The summed E-state index contributed by atoms with van der Waals surface area (Å²) < 4.78 is 7.79. The second-order valence-corrected chi connectivity index (χ2v) is 6.49. The van der Waals surface area contributed by atoms with Gasteiger partial charge in [0.2, 0.25) is 5.95 Å². The number of hydrogen-bond acceptors (Lipinski definition) is 6. The first-order valence-corrected chi connectivity index (χ1v) is 8.29. The lowest BCUT2D eigenvalue weighted by Gasteiger charge is -2.23. The number of aromatic nitrogens is 3. The summed E-state index contributed by atoms with van der Waals surface area (Å²) in [6.45, 7) is 4.54. The van der Waals surface area contributed by atoms with Crippen LogP contribution >= 0.6 is 11.8 Å². The summed E-state index contributed by atoms with van der Waals surface area (Å²) in [6, 6.07) is 0.422. The monoisotopic (exact) mass is 312 g/mol. The topological polar surface area (TPSA) is 80.5 Å². The van der Waals surface area contributed by atoms with Crippen LogP contribution in [0, 0.1) is 0 Å². The van der Waals surface area contributed by atoms with Gasteiger partial charge in [0, 0.05) is 25.7 Å². The Morgan fingerprint density at radius 2 is 2.29 bits per heavy atom. The molecule has 1 N–H and O–H groups in total. The van der Waals surface area contributed by atoms with Gasteiger partial charge in [-0.2, -0.15) is 0 Å². The third-order valence-electron chi connectivity index (χ3n) is 3.62. The molecule has 0 spiro atoms. The first-order valence-electron chi connectivity index (χ1n) is 7.31. The Labute approximate surface area is 127 Å². The average Bonchev–Trinajstić information content (AvgIpc) is 3.22. The molecule has 1 atom stereocenters. The molecule has 1 aromatic heterocycles. The standard InChI is InChI=1S/C13H20N4O3S/c1-9-7-16(5-2-6-20-9)12-14-15-13(21-8-11(18)19)17(12)10-3-4-10/h9-10H,2-8H2,1H3,(H,18,19). The first-order chi connectivity index (χ1) is 10.1. The van der Waals surface area contributed by atoms with Crippen LogP contribution in [0.25, 0.3) is 0 Å². The van der Waals surface area contributed by atoms with Gasteiger partial charge in [0.1, 0.15) is 0 Å². The largest absolute Gasteiger partial charge is 0.481 e. The number of ether oxygens (including phenoxy) is 1. The molecular formula is C13H20N4O3S. The zero-order chi connectivity index (χ0) is 14.8. The molecule has 2 fully saturated rings. The second kappa shape index (κ2) is 6.23. The van der Waals surface area contributed by atoms with Crippen molar-refractivity contribution < 1.29 is 14.6 Å². The van der Waals surface area contributed by atoms with Crippen molar-refractivity contribution >= 4 is 23.7 Å². The van der Waals surface area contributed by atoms with Gasteiger partial charge in [-0.25, -0.2) is 0 Å². The molecule has 2 heterocycles. The van der Waals surface area contributed by atoms with E-state index in [1.54, 1.807) is 0 Å². The lowest BCUT2D eigenvalue weighted by molar-refractivity contribution is -0.133. The number of thioether (sulfide) groups is 1. The molecule has 0 amide bonds. The molecule has 116 valence electrons. The zero-order valence-electron chi connectivity index (χ0n) is 12.1. The van der Waals surface area contributed by atoms with E-state index in [2.05, 4.69) is 26.6 Å². The van der Waals surface area contributed by atoms with Gasteiger partial charge in [0.05, 0.1) is 11.9 Å². The first kappa shape index (κ1) is 14.6. The normalized spacial score (nSPS) is 23.1. The lowest BCUT2D eigenvalue weighted by atomic mass is 10.3. The molecule has 0 bridgehead atoms. The van der Waals surface area contributed by atoms with Gasteiger partial charge in [0.15, 0.2) is 5.16 Å². The van der Waals surface area contributed by atoms with E-state index in [4.69, 9.17) is 9.84 Å². The smallest absolute Gasteiger partial charge is 0.313 e. The highest BCUT2D eigenvalue weighted by Gasteiger charge is 2.32. The van der Waals surface area contributed by atoms with Crippen LogP contribution in [0.2, 0.25) is 0 Å².